The van der Waals surface area contributed by atoms with Gasteiger partial charge in [-0.1, -0.05) is 6.07 Å². The van der Waals surface area contributed by atoms with Gasteiger partial charge >= 0.3 is 12.1 Å². The molecule has 0 radical (unpaired) electrons. The second-order valence-electron chi connectivity index (χ2n) is 7.93. The van der Waals surface area contributed by atoms with E-state index in [1.54, 1.807) is 6.20 Å². The summed E-state index contributed by atoms with van der Waals surface area (Å²) in [5.41, 5.74) is 0.572. The van der Waals surface area contributed by atoms with Gasteiger partial charge in [-0.25, -0.2) is 4.79 Å². The number of likely N-dealkylation sites (tertiary alicyclic amines) is 2. The van der Waals surface area contributed by atoms with Crippen LogP contribution in [0.25, 0.3) is 0 Å². The summed E-state index contributed by atoms with van der Waals surface area (Å²) in [7, 11) is 0. The number of pyridine rings is 1. The Labute approximate surface area is 172 Å². The fourth-order valence-corrected chi connectivity index (χ4v) is 4.30. The summed E-state index contributed by atoms with van der Waals surface area (Å²) in [5.74, 6) is -1.40. The molecular weight excluding hydrogens is 403 g/mol. The molecule has 4 rings (SSSR count). The molecular formula is C20H26F3N3O4. The Morgan fingerprint density at radius 2 is 1.90 bits per heavy atom. The van der Waals surface area contributed by atoms with Gasteiger partial charge in [-0.2, -0.15) is 13.2 Å². The van der Waals surface area contributed by atoms with E-state index in [1.165, 1.54) is 19.3 Å². The molecule has 0 bridgehead atoms. The van der Waals surface area contributed by atoms with Crippen molar-refractivity contribution in [2.75, 3.05) is 39.3 Å². The summed E-state index contributed by atoms with van der Waals surface area (Å²) < 4.78 is 37.5. The van der Waals surface area contributed by atoms with Crippen molar-refractivity contribution in [3.8, 4) is 0 Å². The molecule has 3 saturated heterocycles. The first kappa shape index (κ1) is 22.5. The van der Waals surface area contributed by atoms with Crippen molar-refractivity contribution in [2.24, 2.45) is 11.8 Å². The molecule has 1 amide bonds. The summed E-state index contributed by atoms with van der Waals surface area (Å²) in [6.07, 6.45) is 0.647. The molecule has 1 unspecified atom stereocenters. The Kier molecular flexibility index (Phi) is 7.30. The first-order valence-corrected chi connectivity index (χ1v) is 10.1. The number of carbonyl (C=O) groups excluding carboxylic acids is 1. The smallest absolute Gasteiger partial charge is 0.475 e. The van der Waals surface area contributed by atoms with Crippen LogP contribution in [0.3, 0.4) is 0 Å². The van der Waals surface area contributed by atoms with E-state index in [9.17, 15) is 18.0 Å². The molecule has 3 aliphatic rings. The Hall–Kier alpha value is -2.20. The van der Waals surface area contributed by atoms with Crippen molar-refractivity contribution in [2.45, 2.75) is 31.5 Å². The third-order valence-electron chi connectivity index (χ3n) is 5.78. The largest absolute Gasteiger partial charge is 0.490 e. The highest BCUT2D eigenvalue weighted by molar-refractivity contribution is 5.92. The molecule has 1 N–H and O–H groups in total. The summed E-state index contributed by atoms with van der Waals surface area (Å²) >= 11 is 0. The van der Waals surface area contributed by atoms with E-state index in [2.05, 4.69) is 9.88 Å². The van der Waals surface area contributed by atoms with Crippen LogP contribution < -0.4 is 0 Å². The minimum absolute atomic E-state index is 0.0886. The van der Waals surface area contributed by atoms with Gasteiger partial charge in [0, 0.05) is 39.0 Å². The first-order chi connectivity index (χ1) is 14.2. The second kappa shape index (κ2) is 9.74. The fourth-order valence-electron chi connectivity index (χ4n) is 4.30. The predicted octanol–water partition coefficient (Wildman–Crippen LogP) is 2.29. The summed E-state index contributed by atoms with van der Waals surface area (Å²) in [6, 6.07) is 5.55. The zero-order chi connectivity index (χ0) is 21.7. The predicted molar refractivity (Wildman–Crippen MR) is 101 cm³/mol. The number of rotatable bonds is 3. The SMILES string of the molecule is O=C(O)C(F)(F)F.O=C(c1ccccn1)N1C[C@H]2CN(CC3CCCO3)CC[C@H]2C1. The van der Waals surface area contributed by atoms with Crippen molar-refractivity contribution in [1.82, 2.24) is 14.8 Å². The molecule has 0 saturated carbocycles. The van der Waals surface area contributed by atoms with Crippen molar-refractivity contribution < 1.29 is 32.6 Å². The van der Waals surface area contributed by atoms with E-state index in [1.807, 2.05) is 23.1 Å². The van der Waals surface area contributed by atoms with Crippen LogP contribution in [0.15, 0.2) is 24.4 Å². The van der Waals surface area contributed by atoms with Gasteiger partial charge in [0.25, 0.3) is 5.91 Å². The molecule has 0 spiro atoms. The highest BCUT2D eigenvalue weighted by Gasteiger charge is 2.40. The quantitative estimate of drug-likeness (QED) is 0.794. The zero-order valence-corrected chi connectivity index (χ0v) is 16.6. The molecule has 166 valence electrons. The number of piperidine rings is 1. The number of ether oxygens (including phenoxy) is 1. The minimum Gasteiger partial charge on any atom is -0.475 e. The molecule has 3 fully saturated rings. The van der Waals surface area contributed by atoms with Gasteiger partial charge in [-0.15, -0.1) is 0 Å². The molecule has 4 heterocycles. The lowest BCUT2D eigenvalue weighted by Crippen LogP contribution is -2.43. The van der Waals surface area contributed by atoms with Crippen LogP contribution in [0.2, 0.25) is 0 Å². The van der Waals surface area contributed by atoms with Crippen LogP contribution in [-0.4, -0.2) is 83.4 Å². The molecule has 0 aliphatic carbocycles. The van der Waals surface area contributed by atoms with E-state index >= 15 is 0 Å². The molecule has 10 heteroatoms. The first-order valence-electron chi connectivity index (χ1n) is 10.1. The van der Waals surface area contributed by atoms with Gasteiger partial charge in [0.1, 0.15) is 5.69 Å². The lowest BCUT2D eigenvalue weighted by molar-refractivity contribution is -0.192. The van der Waals surface area contributed by atoms with Crippen molar-refractivity contribution in [3.63, 3.8) is 0 Å². The van der Waals surface area contributed by atoms with E-state index < -0.39 is 12.1 Å². The number of aromatic nitrogens is 1. The molecule has 1 aromatic rings. The normalized spacial score (nSPS) is 26.6. The average Bonchev–Trinajstić information content (AvgIpc) is 3.37. The van der Waals surface area contributed by atoms with Crippen molar-refractivity contribution in [3.05, 3.63) is 30.1 Å². The number of hydrogen-bond donors (Lipinski definition) is 1. The van der Waals surface area contributed by atoms with Gasteiger partial charge in [0.05, 0.1) is 6.10 Å². The maximum absolute atomic E-state index is 12.6. The molecule has 3 atom stereocenters. The number of aliphatic carboxylic acids is 1. The number of nitrogens with zero attached hydrogens (tertiary/aromatic N) is 3. The summed E-state index contributed by atoms with van der Waals surface area (Å²) in [6.45, 7) is 6.02. The number of carboxylic acid groups (broad SMARTS) is 1. The molecule has 30 heavy (non-hydrogen) atoms. The molecule has 3 aliphatic heterocycles. The Bertz CT molecular complexity index is 726. The van der Waals surface area contributed by atoms with Gasteiger partial charge in [0.15, 0.2) is 0 Å². The minimum atomic E-state index is -5.08. The monoisotopic (exact) mass is 429 g/mol. The molecule has 0 aromatic carbocycles. The lowest BCUT2D eigenvalue weighted by atomic mass is 9.88. The third-order valence-corrected chi connectivity index (χ3v) is 5.78. The van der Waals surface area contributed by atoms with Gasteiger partial charge in [-0.3, -0.25) is 9.78 Å². The Morgan fingerprint density at radius 3 is 2.50 bits per heavy atom. The summed E-state index contributed by atoms with van der Waals surface area (Å²) in [4.78, 5) is 30.2. The van der Waals surface area contributed by atoms with Crippen LogP contribution in [0.5, 0.6) is 0 Å². The van der Waals surface area contributed by atoms with Gasteiger partial charge in [-0.05, 0) is 49.8 Å². The Balaban J connectivity index is 0.000000318. The van der Waals surface area contributed by atoms with Gasteiger partial charge in [0.2, 0.25) is 0 Å². The number of hydrogen-bond acceptors (Lipinski definition) is 5. The Morgan fingerprint density at radius 1 is 1.17 bits per heavy atom. The van der Waals surface area contributed by atoms with Crippen LogP contribution in [0.4, 0.5) is 13.2 Å². The number of carbonyl (C=O) groups is 2. The topological polar surface area (TPSA) is 83.0 Å². The third kappa shape index (κ3) is 5.91. The average molecular weight is 429 g/mol. The maximum atomic E-state index is 12.6. The van der Waals surface area contributed by atoms with E-state index in [4.69, 9.17) is 14.6 Å². The number of carboxylic acids is 1. The lowest BCUT2D eigenvalue weighted by Gasteiger charge is -2.35. The van der Waals surface area contributed by atoms with E-state index in [-0.39, 0.29) is 5.91 Å². The highest BCUT2D eigenvalue weighted by atomic mass is 19.4. The van der Waals surface area contributed by atoms with Crippen LogP contribution in [0, 0.1) is 11.8 Å². The van der Waals surface area contributed by atoms with E-state index in [0.717, 1.165) is 39.3 Å². The van der Waals surface area contributed by atoms with Gasteiger partial charge < -0.3 is 19.6 Å². The highest BCUT2D eigenvalue weighted by Crippen LogP contribution is 2.32. The van der Waals surface area contributed by atoms with Crippen molar-refractivity contribution >= 4 is 11.9 Å². The number of halogens is 3. The van der Waals surface area contributed by atoms with Crippen LogP contribution >= 0.6 is 0 Å². The van der Waals surface area contributed by atoms with E-state index in [0.29, 0.717) is 23.6 Å². The maximum Gasteiger partial charge on any atom is 0.490 e. The number of alkyl halides is 3. The van der Waals surface area contributed by atoms with Crippen molar-refractivity contribution in [1.29, 1.82) is 0 Å². The fraction of sp³-hybridized carbons (Fsp3) is 0.650. The number of amides is 1. The molecule has 1 aromatic heterocycles. The number of fused-ring (bicyclic) bond motifs is 1. The standard InChI is InChI=1S/C18H25N3O2.C2HF3O2/c22-18(17-5-1-2-7-19-17)21-11-14-6-8-20(10-15(14)12-21)13-16-4-3-9-23-16;3-2(4,5)1(6)7/h1-2,5,7,14-16H,3-4,6,8-13H2;(H,6,7)/t14-,15+,16?;/m0./s1. The van der Waals surface area contributed by atoms with Crippen LogP contribution in [0.1, 0.15) is 29.8 Å². The summed E-state index contributed by atoms with van der Waals surface area (Å²) in [5, 5.41) is 7.12. The zero-order valence-electron chi connectivity index (χ0n) is 16.6. The second-order valence-corrected chi connectivity index (χ2v) is 7.93. The molecule has 7 nitrogen and oxygen atoms in total. The van der Waals surface area contributed by atoms with Crippen LogP contribution in [-0.2, 0) is 9.53 Å².